The van der Waals surface area contributed by atoms with Gasteiger partial charge in [-0.25, -0.2) is 0 Å². The number of anilines is 1. The van der Waals surface area contributed by atoms with Crippen molar-refractivity contribution in [3.63, 3.8) is 0 Å². The highest BCUT2D eigenvalue weighted by Crippen LogP contribution is 2.24. The molecule has 1 amide bonds. The van der Waals surface area contributed by atoms with Gasteiger partial charge in [-0.05, 0) is 0 Å². The molecule has 88 valence electrons. The van der Waals surface area contributed by atoms with Crippen molar-refractivity contribution in [1.29, 1.82) is 0 Å². The van der Waals surface area contributed by atoms with Crippen molar-refractivity contribution < 1.29 is 22.4 Å². The number of rotatable bonds is 3. The van der Waals surface area contributed by atoms with Crippen LogP contribution >= 0.6 is 0 Å². The Kier molecular flexibility index (Phi) is 3.31. The van der Waals surface area contributed by atoms with Crippen LogP contribution in [0, 0.1) is 23.5 Å². The van der Waals surface area contributed by atoms with Crippen molar-refractivity contribution in [2.24, 2.45) is 5.73 Å². The van der Waals surface area contributed by atoms with E-state index in [9.17, 15) is 22.4 Å². The van der Waals surface area contributed by atoms with Crippen LogP contribution in [0.25, 0.3) is 0 Å². The van der Waals surface area contributed by atoms with E-state index in [4.69, 9.17) is 5.73 Å². The van der Waals surface area contributed by atoms with Crippen LogP contribution in [0.1, 0.15) is 0 Å². The monoisotopic (exact) mass is 237 g/mol. The number of pyridine rings is 1. The van der Waals surface area contributed by atoms with Crippen molar-refractivity contribution in [2.75, 3.05) is 18.5 Å². The van der Waals surface area contributed by atoms with Crippen molar-refractivity contribution in [3.05, 3.63) is 23.5 Å². The molecule has 2 N–H and O–H groups in total. The number of halogens is 4. The summed E-state index contributed by atoms with van der Waals surface area (Å²) >= 11 is 0. The first-order chi connectivity index (χ1) is 7.34. The van der Waals surface area contributed by atoms with Gasteiger partial charge in [0.1, 0.15) is 5.69 Å². The predicted molar refractivity (Wildman–Crippen MR) is 46.5 cm³/mol. The lowest BCUT2D eigenvalue weighted by atomic mass is 10.3. The molecule has 8 heteroatoms. The van der Waals surface area contributed by atoms with Crippen LogP contribution in [0.2, 0.25) is 0 Å². The Morgan fingerprint density at radius 2 is 1.69 bits per heavy atom. The quantitative estimate of drug-likeness (QED) is 0.617. The number of nitrogens with zero attached hydrogens (tertiary/aromatic N) is 2. The molecule has 0 saturated heterocycles. The molecule has 0 unspecified atom stereocenters. The van der Waals surface area contributed by atoms with Gasteiger partial charge in [0.05, 0.1) is 6.54 Å². The van der Waals surface area contributed by atoms with Gasteiger partial charge in [0.2, 0.25) is 17.5 Å². The van der Waals surface area contributed by atoms with E-state index in [2.05, 4.69) is 4.98 Å². The molecule has 1 aromatic heterocycles. The molecule has 0 aliphatic heterocycles. The number of nitrogens with two attached hydrogens (primary N) is 1. The molecule has 0 aliphatic rings. The maximum Gasteiger partial charge on any atom is 0.253 e. The minimum atomic E-state index is -1.79. The lowest BCUT2D eigenvalue weighted by Gasteiger charge is -2.18. The number of amides is 1. The van der Waals surface area contributed by atoms with E-state index in [0.717, 1.165) is 7.05 Å². The van der Waals surface area contributed by atoms with Crippen LogP contribution in [-0.4, -0.2) is 24.5 Å². The molecule has 1 rings (SSSR count). The van der Waals surface area contributed by atoms with E-state index < -0.39 is 41.7 Å². The van der Waals surface area contributed by atoms with E-state index in [-0.39, 0.29) is 0 Å². The fraction of sp³-hybridized carbons (Fsp3) is 0.250. The van der Waals surface area contributed by atoms with Crippen LogP contribution in [0.4, 0.5) is 23.2 Å². The first kappa shape index (κ1) is 12.2. The van der Waals surface area contributed by atoms with E-state index in [1.165, 1.54) is 0 Å². The van der Waals surface area contributed by atoms with Gasteiger partial charge in [-0.1, -0.05) is 0 Å². The fourth-order valence-electron chi connectivity index (χ4n) is 1.12. The summed E-state index contributed by atoms with van der Waals surface area (Å²) in [5, 5.41) is 0. The maximum atomic E-state index is 13.1. The number of likely N-dealkylation sites (N-methyl/N-ethyl adjacent to an activating group) is 1. The average Bonchev–Trinajstić information content (AvgIpc) is 2.14. The van der Waals surface area contributed by atoms with Crippen molar-refractivity contribution in [1.82, 2.24) is 4.98 Å². The fourth-order valence-corrected chi connectivity index (χ4v) is 1.12. The van der Waals surface area contributed by atoms with Gasteiger partial charge in [-0.15, -0.1) is 0 Å². The Balaban J connectivity index is 3.26. The summed E-state index contributed by atoms with van der Waals surface area (Å²) in [6.07, 6.45) is 0. The van der Waals surface area contributed by atoms with Gasteiger partial charge in [-0.2, -0.15) is 22.5 Å². The SMILES string of the molecule is CN(CC(N)=O)c1c(F)c(F)nc(F)c1F. The number of carbonyl (C=O) groups is 1. The molecule has 0 atom stereocenters. The smallest absolute Gasteiger partial charge is 0.253 e. The Labute approximate surface area is 87.7 Å². The molecular weight excluding hydrogens is 230 g/mol. The molecule has 0 bridgehead atoms. The van der Waals surface area contributed by atoms with Crippen LogP contribution < -0.4 is 10.6 Å². The molecule has 0 spiro atoms. The number of hydrogen-bond acceptors (Lipinski definition) is 3. The van der Waals surface area contributed by atoms with E-state index in [0.29, 0.717) is 4.90 Å². The van der Waals surface area contributed by atoms with Crippen LogP contribution in [0.15, 0.2) is 0 Å². The number of hydrogen-bond donors (Lipinski definition) is 1. The highest BCUT2D eigenvalue weighted by molar-refractivity contribution is 5.79. The first-order valence-corrected chi connectivity index (χ1v) is 4.04. The van der Waals surface area contributed by atoms with Crippen molar-refractivity contribution >= 4 is 11.6 Å². The zero-order chi connectivity index (χ0) is 12.5. The molecule has 0 radical (unpaired) electrons. The van der Waals surface area contributed by atoms with E-state index in [1.807, 2.05) is 0 Å². The molecule has 0 saturated carbocycles. The topological polar surface area (TPSA) is 59.2 Å². The third kappa shape index (κ3) is 2.20. The second kappa shape index (κ2) is 4.33. The number of primary amides is 1. The second-order valence-electron chi connectivity index (χ2n) is 2.99. The maximum absolute atomic E-state index is 13.1. The predicted octanol–water partition coefficient (Wildman–Crippen LogP) is 0.559. The summed E-state index contributed by atoms with van der Waals surface area (Å²) in [5.74, 6) is -7.83. The third-order valence-corrected chi connectivity index (χ3v) is 1.75. The Bertz CT molecular complexity index is 412. The van der Waals surface area contributed by atoms with Gasteiger partial charge in [0.25, 0.3) is 11.9 Å². The molecule has 1 heterocycles. The third-order valence-electron chi connectivity index (χ3n) is 1.75. The minimum Gasteiger partial charge on any atom is -0.368 e. The van der Waals surface area contributed by atoms with Gasteiger partial charge >= 0.3 is 0 Å². The van der Waals surface area contributed by atoms with Gasteiger partial charge in [-0.3, -0.25) is 4.79 Å². The zero-order valence-electron chi connectivity index (χ0n) is 8.10. The lowest BCUT2D eigenvalue weighted by Crippen LogP contribution is -2.32. The van der Waals surface area contributed by atoms with Crippen LogP contribution in [0.3, 0.4) is 0 Å². The Hall–Kier alpha value is -1.86. The summed E-state index contributed by atoms with van der Waals surface area (Å²) in [6.45, 7) is -0.587. The van der Waals surface area contributed by atoms with E-state index >= 15 is 0 Å². The minimum absolute atomic E-state index is 0.587. The normalized spacial score (nSPS) is 10.3. The molecule has 4 nitrogen and oxygen atoms in total. The summed E-state index contributed by atoms with van der Waals surface area (Å²) in [4.78, 5) is 13.5. The Morgan fingerprint density at radius 1 is 1.25 bits per heavy atom. The van der Waals surface area contributed by atoms with Crippen LogP contribution in [0.5, 0.6) is 0 Å². The first-order valence-electron chi connectivity index (χ1n) is 4.04. The van der Waals surface area contributed by atoms with Gasteiger partial charge in [0, 0.05) is 7.05 Å². The number of carbonyl (C=O) groups excluding carboxylic acids is 1. The molecule has 16 heavy (non-hydrogen) atoms. The highest BCUT2D eigenvalue weighted by Gasteiger charge is 2.24. The molecule has 1 aromatic rings. The highest BCUT2D eigenvalue weighted by atomic mass is 19.2. The molecule has 0 fully saturated rings. The number of aromatic nitrogens is 1. The largest absolute Gasteiger partial charge is 0.368 e. The van der Waals surface area contributed by atoms with Crippen molar-refractivity contribution in [2.45, 2.75) is 0 Å². The standard InChI is InChI=1S/C8H7F4N3O/c1-15(2-3(13)16)6-4(9)7(11)14-8(12)5(6)10/h2H2,1H3,(H2,13,16). The second-order valence-corrected chi connectivity index (χ2v) is 2.99. The van der Waals surface area contributed by atoms with E-state index in [1.54, 1.807) is 0 Å². The summed E-state index contributed by atoms with van der Waals surface area (Å²) in [7, 11) is 1.06. The molecule has 0 aliphatic carbocycles. The van der Waals surface area contributed by atoms with Crippen LogP contribution in [-0.2, 0) is 4.79 Å². The Morgan fingerprint density at radius 3 is 2.06 bits per heavy atom. The summed E-state index contributed by atoms with van der Waals surface area (Å²) < 4.78 is 51.6. The summed E-state index contributed by atoms with van der Waals surface area (Å²) in [6, 6.07) is 0. The summed E-state index contributed by atoms with van der Waals surface area (Å²) in [5.41, 5.74) is 3.75. The van der Waals surface area contributed by atoms with Gasteiger partial charge in [0.15, 0.2) is 0 Å². The molecular formula is C8H7F4N3O. The lowest BCUT2D eigenvalue weighted by molar-refractivity contribution is -0.116. The zero-order valence-corrected chi connectivity index (χ0v) is 8.10. The van der Waals surface area contributed by atoms with Crippen molar-refractivity contribution in [3.8, 4) is 0 Å². The average molecular weight is 237 g/mol. The van der Waals surface area contributed by atoms with Gasteiger partial charge < -0.3 is 10.6 Å². The molecule has 0 aromatic carbocycles.